The summed E-state index contributed by atoms with van der Waals surface area (Å²) in [7, 11) is 1.72. The van der Waals surface area contributed by atoms with Crippen LogP contribution < -0.4 is 0 Å². The third-order valence-corrected chi connectivity index (χ3v) is 2.31. The Morgan fingerprint density at radius 1 is 1.67 bits per heavy atom. The minimum atomic E-state index is 0.380. The first kappa shape index (κ1) is 7.36. The molecule has 1 unspecified atom stereocenters. The van der Waals surface area contributed by atoms with Gasteiger partial charge in [-0.05, 0) is 25.2 Å². The van der Waals surface area contributed by atoms with Gasteiger partial charge in [-0.25, -0.2) is 0 Å². The average molecular weight is 149 g/mol. The average Bonchev–Trinajstić information content (AvgIpc) is 2.63. The summed E-state index contributed by atoms with van der Waals surface area (Å²) in [6.45, 7) is 0.810. The maximum absolute atomic E-state index is 5.98. The van der Waals surface area contributed by atoms with Crippen LogP contribution >= 0.6 is 11.6 Å². The van der Waals surface area contributed by atoms with E-state index in [1.54, 1.807) is 7.11 Å². The van der Waals surface area contributed by atoms with Crippen LogP contribution in [0.15, 0.2) is 0 Å². The van der Waals surface area contributed by atoms with Crippen LogP contribution in [0.1, 0.15) is 19.3 Å². The van der Waals surface area contributed by atoms with E-state index in [4.69, 9.17) is 16.3 Å². The van der Waals surface area contributed by atoms with Gasteiger partial charge in [0.05, 0.1) is 0 Å². The lowest BCUT2D eigenvalue weighted by molar-refractivity contribution is 0.192. The first-order valence-corrected chi connectivity index (χ1v) is 3.91. The van der Waals surface area contributed by atoms with E-state index in [0.717, 1.165) is 18.9 Å². The first-order valence-electron chi connectivity index (χ1n) is 3.47. The molecular weight excluding hydrogens is 136 g/mol. The number of alkyl halides is 1. The van der Waals surface area contributed by atoms with Gasteiger partial charge in [0.25, 0.3) is 0 Å². The maximum atomic E-state index is 5.98. The molecule has 9 heavy (non-hydrogen) atoms. The van der Waals surface area contributed by atoms with E-state index in [1.807, 2.05) is 0 Å². The standard InChI is InChI=1S/C7H13ClO/c1-9-5-4-7(8)6-2-3-6/h6-7H,2-5H2,1H3. The van der Waals surface area contributed by atoms with E-state index in [9.17, 15) is 0 Å². The summed E-state index contributed by atoms with van der Waals surface area (Å²) in [6, 6.07) is 0. The van der Waals surface area contributed by atoms with Gasteiger partial charge < -0.3 is 4.74 Å². The highest BCUT2D eigenvalue weighted by atomic mass is 35.5. The Morgan fingerprint density at radius 2 is 2.33 bits per heavy atom. The highest BCUT2D eigenvalue weighted by Crippen LogP contribution is 2.36. The van der Waals surface area contributed by atoms with Gasteiger partial charge >= 0.3 is 0 Å². The van der Waals surface area contributed by atoms with Gasteiger partial charge in [0.15, 0.2) is 0 Å². The molecule has 0 aromatic heterocycles. The van der Waals surface area contributed by atoms with Crippen molar-refractivity contribution in [2.75, 3.05) is 13.7 Å². The van der Waals surface area contributed by atoms with Gasteiger partial charge in [-0.1, -0.05) is 0 Å². The molecule has 2 heteroatoms. The Labute approximate surface area is 61.3 Å². The summed E-state index contributed by atoms with van der Waals surface area (Å²) >= 11 is 5.98. The monoisotopic (exact) mass is 148 g/mol. The zero-order chi connectivity index (χ0) is 6.69. The van der Waals surface area contributed by atoms with E-state index in [0.29, 0.717) is 5.38 Å². The maximum Gasteiger partial charge on any atom is 0.0476 e. The van der Waals surface area contributed by atoms with E-state index in [-0.39, 0.29) is 0 Å². The van der Waals surface area contributed by atoms with Gasteiger partial charge in [-0.3, -0.25) is 0 Å². The molecule has 0 bridgehead atoms. The topological polar surface area (TPSA) is 9.23 Å². The Morgan fingerprint density at radius 3 is 2.78 bits per heavy atom. The SMILES string of the molecule is COCCC(Cl)C1CC1. The third-order valence-electron chi connectivity index (χ3n) is 1.73. The van der Waals surface area contributed by atoms with Crippen molar-refractivity contribution in [3.8, 4) is 0 Å². The Kier molecular flexibility index (Phi) is 2.80. The minimum absolute atomic E-state index is 0.380. The molecule has 1 atom stereocenters. The van der Waals surface area contributed by atoms with Crippen LogP contribution in [-0.2, 0) is 4.74 Å². The van der Waals surface area contributed by atoms with Crippen LogP contribution in [0.5, 0.6) is 0 Å². The van der Waals surface area contributed by atoms with Crippen molar-refractivity contribution in [1.82, 2.24) is 0 Å². The zero-order valence-corrected chi connectivity index (χ0v) is 6.53. The van der Waals surface area contributed by atoms with Gasteiger partial charge in [-0.15, -0.1) is 11.6 Å². The normalized spacial score (nSPS) is 22.0. The summed E-state index contributed by atoms with van der Waals surface area (Å²) in [4.78, 5) is 0. The largest absolute Gasteiger partial charge is 0.385 e. The molecule has 1 aliphatic carbocycles. The molecule has 1 fully saturated rings. The molecule has 54 valence electrons. The number of hydrogen-bond acceptors (Lipinski definition) is 1. The second-order valence-electron chi connectivity index (χ2n) is 2.63. The first-order chi connectivity index (χ1) is 4.34. The second-order valence-corrected chi connectivity index (χ2v) is 3.20. The third kappa shape index (κ3) is 2.55. The van der Waals surface area contributed by atoms with Gasteiger partial charge in [-0.2, -0.15) is 0 Å². The van der Waals surface area contributed by atoms with Crippen molar-refractivity contribution in [1.29, 1.82) is 0 Å². The van der Waals surface area contributed by atoms with Crippen LogP contribution in [0.4, 0.5) is 0 Å². The molecule has 0 saturated heterocycles. The van der Waals surface area contributed by atoms with Crippen molar-refractivity contribution < 1.29 is 4.74 Å². The predicted octanol–water partition coefficient (Wildman–Crippen LogP) is 2.04. The molecule has 0 amide bonds. The summed E-state index contributed by atoms with van der Waals surface area (Å²) in [5.41, 5.74) is 0. The van der Waals surface area contributed by atoms with E-state index in [1.165, 1.54) is 12.8 Å². The summed E-state index contributed by atoms with van der Waals surface area (Å²) in [5.74, 6) is 0.807. The molecule has 0 aromatic carbocycles. The van der Waals surface area contributed by atoms with Crippen LogP contribution in [0, 0.1) is 5.92 Å². The predicted molar refractivity (Wildman–Crippen MR) is 38.9 cm³/mol. The zero-order valence-electron chi connectivity index (χ0n) is 5.77. The summed E-state index contributed by atoms with van der Waals surface area (Å²) in [6.07, 6.45) is 3.68. The fourth-order valence-electron chi connectivity index (χ4n) is 0.924. The van der Waals surface area contributed by atoms with Crippen molar-refractivity contribution in [2.45, 2.75) is 24.6 Å². The van der Waals surface area contributed by atoms with Crippen molar-refractivity contribution >= 4 is 11.6 Å². The molecule has 0 spiro atoms. The Bertz CT molecular complexity index is 81.0. The van der Waals surface area contributed by atoms with Crippen LogP contribution in [0.3, 0.4) is 0 Å². The molecule has 0 heterocycles. The number of halogens is 1. The van der Waals surface area contributed by atoms with E-state index < -0.39 is 0 Å². The number of ether oxygens (including phenoxy) is 1. The van der Waals surface area contributed by atoms with Gasteiger partial charge in [0, 0.05) is 19.1 Å². The summed E-state index contributed by atoms with van der Waals surface area (Å²) < 4.78 is 4.91. The number of hydrogen-bond donors (Lipinski definition) is 0. The van der Waals surface area contributed by atoms with Crippen LogP contribution in [0.25, 0.3) is 0 Å². The van der Waals surface area contributed by atoms with Crippen molar-refractivity contribution in [2.24, 2.45) is 5.92 Å². The fraction of sp³-hybridized carbons (Fsp3) is 1.00. The molecule has 1 saturated carbocycles. The second kappa shape index (κ2) is 3.43. The lowest BCUT2D eigenvalue weighted by Crippen LogP contribution is -2.04. The van der Waals surface area contributed by atoms with Crippen LogP contribution in [0.2, 0.25) is 0 Å². The van der Waals surface area contributed by atoms with Gasteiger partial charge in [0.2, 0.25) is 0 Å². The molecule has 0 radical (unpaired) electrons. The fourth-order valence-corrected chi connectivity index (χ4v) is 1.27. The molecule has 1 aliphatic rings. The molecule has 1 nitrogen and oxygen atoms in total. The van der Waals surface area contributed by atoms with Crippen molar-refractivity contribution in [3.63, 3.8) is 0 Å². The number of rotatable bonds is 4. The Hall–Kier alpha value is 0.250. The number of methoxy groups -OCH3 is 1. The molecule has 0 aromatic rings. The summed E-state index contributed by atoms with van der Waals surface area (Å²) in [5, 5.41) is 0.380. The van der Waals surface area contributed by atoms with E-state index >= 15 is 0 Å². The van der Waals surface area contributed by atoms with Gasteiger partial charge in [0.1, 0.15) is 0 Å². The molecular formula is C7H13ClO. The van der Waals surface area contributed by atoms with Crippen LogP contribution in [-0.4, -0.2) is 19.1 Å². The lowest BCUT2D eigenvalue weighted by Gasteiger charge is -2.04. The van der Waals surface area contributed by atoms with Crippen molar-refractivity contribution in [3.05, 3.63) is 0 Å². The smallest absolute Gasteiger partial charge is 0.0476 e. The lowest BCUT2D eigenvalue weighted by atomic mass is 10.2. The molecule has 0 aliphatic heterocycles. The quantitative estimate of drug-likeness (QED) is 0.555. The molecule has 1 rings (SSSR count). The minimum Gasteiger partial charge on any atom is -0.385 e. The highest BCUT2D eigenvalue weighted by Gasteiger charge is 2.28. The Balaban J connectivity index is 1.96. The highest BCUT2D eigenvalue weighted by molar-refractivity contribution is 6.20. The molecule has 0 N–H and O–H groups in total. The van der Waals surface area contributed by atoms with E-state index in [2.05, 4.69) is 0 Å².